The minimum absolute atomic E-state index is 0.0263. The number of thioether (sulfide) groups is 1. The molecule has 0 aliphatic heterocycles. The molecule has 2 aromatic carbocycles. The molecule has 0 saturated carbocycles. The van der Waals surface area contributed by atoms with Gasteiger partial charge in [0.05, 0.1) is 12.5 Å². The summed E-state index contributed by atoms with van der Waals surface area (Å²) in [7, 11) is 1.45. The third-order valence-corrected chi connectivity index (χ3v) is 6.99. The maximum absolute atomic E-state index is 12.6. The first kappa shape index (κ1) is 26.2. The summed E-state index contributed by atoms with van der Waals surface area (Å²) in [5.74, 6) is 0.572. The highest BCUT2D eigenvalue weighted by molar-refractivity contribution is 8.00. The van der Waals surface area contributed by atoms with Gasteiger partial charge in [0.15, 0.2) is 0 Å². The Morgan fingerprint density at radius 1 is 1.12 bits per heavy atom. The van der Waals surface area contributed by atoms with Gasteiger partial charge in [-0.1, -0.05) is 57.2 Å². The van der Waals surface area contributed by atoms with E-state index < -0.39 is 5.41 Å². The Morgan fingerprint density at radius 2 is 1.79 bits per heavy atom. The molecule has 0 radical (unpaired) electrons. The topological polar surface area (TPSA) is 40.5 Å². The van der Waals surface area contributed by atoms with Crippen LogP contribution in [0, 0.1) is 5.41 Å². The second kappa shape index (κ2) is 10.5. The van der Waals surface area contributed by atoms with Crippen molar-refractivity contribution in [1.82, 2.24) is 4.57 Å². The third-order valence-electron chi connectivity index (χ3n) is 5.47. The van der Waals surface area contributed by atoms with Gasteiger partial charge in [-0.15, -0.1) is 11.8 Å². The molecule has 6 heteroatoms. The number of halogens is 1. The van der Waals surface area contributed by atoms with Crippen LogP contribution in [0.2, 0.25) is 5.02 Å². The van der Waals surface area contributed by atoms with Crippen LogP contribution in [0.25, 0.3) is 10.9 Å². The molecule has 34 heavy (non-hydrogen) atoms. The average Bonchev–Trinajstić information content (AvgIpc) is 3.03. The Hall–Kier alpha value is -2.37. The monoisotopic (exact) mass is 499 g/mol. The molecule has 0 bridgehead atoms. The van der Waals surface area contributed by atoms with Gasteiger partial charge in [-0.3, -0.25) is 4.79 Å². The molecule has 0 unspecified atom stereocenters. The fourth-order valence-electron chi connectivity index (χ4n) is 3.92. The summed E-state index contributed by atoms with van der Waals surface area (Å²) in [4.78, 5) is 13.8. The number of fused-ring (bicyclic) bond motifs is 1. The highest BCUT2D eigenvalue weighted by Gasteiger charge is 2.33. The standard InChI is InChI=1S/C28H34ClNO3S/c1-8-15-33-21-13-14-23-22(16-21)25(34-27(2,3)4)24(17-28(5,6)26(31)32-7)30(23)18-19-9-11-20(29)12-10-19/h8-14,16H,1,15,17-18H2,2-7H3. The number of hydrogen-bond donors (Lipinski definition) is 0. The van der Waals surface area contributed by atoms with Crippen molar-refractivity contribution in [2.75, 3.05) is 13.7 Å². The minimum Gasteiger partial charge on any atom is -0.490 e. The van der Waals surface area contributed by atoms with Gasteiger partial charge < -0.3 is 14.0 Å². The summed E-state index contributed by atoms with van der Waals surface area (Å²) < 4.78 is 13.3. The fraction of sp³-hybridized carbons (Fsp3) is 0.393. The molecule has 0 N–H and O–H groups in total. The summed E-state index contributed by atoms with van der Waals surface area (Å²) in [5.41, 5.74) is 2.66. The Morgan fingerprint density at radius 3 is 2.38 bits per heavy atom. The van der Waals surface area contributed by atoms with E-state index in [1.165, 1.54) is 7.11 Å². The van der Waals surface area contributed by atoms with Gasteiger partial charge in [0.1, 0.15) is 12.4 Å². The lowest BCUT2D eigenvalue weighted by molar-refractivity contribution is -0.150. The third kappa shape index (κ3) is 6.19. The van der Waals surface area contributed by atoms with E-state index in [9.17, 15) is 4.79 Å². The number of carbonyl (C=O) groups excluding carboxylic acids is 1. The van der Waals surface area contributed by atoms with E-state index in [-0.39, 0.29) is 10.7 Å². The Balaban J connectivity index is 2.26. The van der Waals surface area contributed by atoms with Crippen LogP contribution in [0.3, 0.4) is 0 Å². The van der Waals surface area contributed by atoms with E-state index in [1.807, 2.05) is 55.9 Å². The zero-order valence-corrected chi connectivity index (χ0v) is 22.5. The summed E-state index contributed by atoms with van der Waals surface area (Å²) in [6.07, 6.45) is 2.29. The van der Waals surface area contributed by atoms with Gasteiger partial charge in [0.2, 0.25) is 0 Å². The number of aromatic nitrogens is 1. The van der Waals surface area contributed by atoms with Crippen LogP contribution in [0.4, 0.5) is 0 Å². The molecule has 0 atom stereocenters. The van der Waals surface area contributed by atoms with E-state index in [0.717, 1.165) is 32.8 Å². The van der Waals surface area contributed by atoms with E-state index in [1.54, 1.807) is 6.08 Å². The highest BCUT2D eigenvalue weighted by Crippen LogP contribution is 2.44. The molecule has 1 heterocycles. The first-order valence-electron chi connectivity index (χ1n) is 11.4. The van der Waals surface area contributed by atoms with Crippen molar-refractivity contribution in [2.45, 2.75) is 57.2 Å². The van der Waals surface area contributed by atoms with E-state index in [2.05, 4.69) is 44.0 Å². The molecule has 0 spiro atoms. The van der Waals surface area contributed by atoms with Gasteiger partial charge in [-0.25, -0.2) is 0 Å². The molecule has 0 amide bonds. The number of hydrogen-bond acceptors (Lipinski definition) is 4. The lowest BCUT2D eigenvalue weighted by Crippen LogP contribution is -2.29. The fourth-order valence-corrected chi connectivity index (χ4v) is 5.23. The van der Waals surface area contributed by atoms with Crippen LogP contribution in [0.15, 0.2) is 60.0 Å². The lowest BCUT2D eigenvalue weighted by Gasteiger charge is -2.25. The molecule has 4 nitrogen and oxygen atoms in total. The number of ether oxygens (including phenoxy) is 2. The van der Waals surface area contributed by atoms with E-state index >= 15 is 0 Å². The van der Waals surface area contributed by atoms with Crippen molar-refractivity contribution in [1.29, 1.82) is 0 Å². The summed E-state index contributed by atoms with van der Waals surface area (Å²) in [5, 5.41) is 1.83. The van der Waals surface area contributed by atoms with Gasteiger partial charge in [-0.05, 0) is 49.7 Å². The van der Waals surface area contributed by atoms with Crippen molar-refractivity contribution in [3.8, 4) is 5.75 Å². The number of rotatable bonds is 9. The van der Waals surface area contributed by atoms with Gasteiger partial charge in [0.25, 0.3) is 0 Å². The summed E-state index contributed by atoms with van der Waals surface area (Å²) in [6.45, 7) is 15.3. The molecular weight excluding hydrogens is 466 g/mol. The molecule has 0 aliphatic carbocycles. The summed E-state index contributed by atoms with van der Waals surface area (Å²) >= 11 is 7.95. The maximum atomic E-state index is 12.6. The van der Waals surface area contributed by atoms with Crippen molar-refractivity contribution >= 4 is 40.2 Å². The Labute approximate surface area is 212 Å². The normalized spacial score (nSPS) is 12.1. The second-order valence-corrected chi connectivity index (χ2v) is 12.3. The zero-order chi connectivity index (χ0) is 25.1. The number of carbonyl (C=O) groups is 1. The molecule has 3 aromatic rings. The van der Waals surface area contributed by atoms with Crippen LogP contribution in [-0.2, 0) is 22.5 Å². The lowest BCUT2D eigenvalue weighted by atomic mass is 9.87. The van der Waals surface area contributed by atoms with Crippen LogP contribution in [-0.4, -0.2) is 29.0 Å². The first-order valence-corrected chi connectivity index (χ1v) is 12.6. The van der Waals surface area contributed by atoms with Crippen LogP contribution >= 0.6 is 23.4 Å². The van der Waals surface area contributed by atoms with Crippen molar-refractivity contribution in [2.24, 2.45) is 5.41 Å². The van der Waals surface area contributed by atoms with Gasteiger partial charge in [0, 0.05) is 44.2 Å². The molecule has 182 valence electrons. The number of benzene rings is 2. The number of methoxy groups -OCH3 is 1. The molecule has 1 aromatic heterocycles. The zero-order valence-electron chi connectivity index (χ0n) is 20.9. The average molecular weight is 500 g/mol. The van der Waals surface area contributed by atoms with E-state index in [4.69, 9.17) is 21.1 Å². The van der Waals surface area contributed by atoms with Gasteiger partial charge >= 0.3 is 5.97 Å². The quantitative estimate of drug-likeness (QED) is 0.173. The van der Waals surface area contributed by atoms with Crippen molar-refractivity contribution < 1.29 is 14.3 Å². The van der Waals surface area contributed by atoms with Crippen LogP contribution in [0.1, 0.15) is 45.9 Å². The Bertz CT molecular complexity index is 1170. The number of nitrogens with zero attached hydrogens (tertiary/aromatic N) is 1. The van der Waals surface area contributed by atoms with Crippen molar-refractivity contribution in [3.63, 3.8) is 0 Å². The largest absolute Gasteiger partial charge is 0.490 e. The Kier molecular flexibility index (Phi) is 8.10. The smallest absolute Gasteiger partial charge is 0.311 e. The van der Waals surface area contributed by atoms with Gasteiger partial charge in [-0.2, -0.15) is 0 Å². The minimum atomic E-state index is -0.684. The first-order chi connectivity index (χ1) is 15.9. The van der Waals surface area contributed by atoms with Crippen molar-refractivity contribution in [3.05, 3.63) is 71.4 Å². The predicted octanol–water partition coefficient (Wildman–Crippen LogP) is 7.54. The second-order valence-electron chi connectivity index (χ2n) is 10.0. The molecule has 0 saturated heterocycles. The number of esters is 1. The van der Waals surface area contributed by atoms with Crippen LogP contribution in [0.5, 0.6) is 5.75 Å². The SMILES string of the molecule is C=CCOc1ccc2c(c1)c(SC(C)(C)C)c(CC(C)(C)C(=O)OC)n2Cc1ccc(Cl)cc1. The van der Waals surface area contributed by atoms with E-state index in [0.29, 0.717) is 24.6 Å². The highest BCUT2D eigenvalue weighted by atomic mass is 35.5. The predicted molar refractivity (Wildman–Crippen MR) is 143 cm³/mol. The summed E-state index contributed by atoms with van der Waals surface area (Å²) in [6, 6.07) is 14.1. The maximum Gasteiger partial charge on any atom is 0.311 e. The molecule has 3 rings (SSSR count). The van der Waals surface area contributed by atoms with Crippen LogP contribution < -0.4 is 4.74 Å². The molecule has 0 fully saturated rings. The molecule has 0 aliphatic rings. The molecular formula is C28H34ClNO3S.